The van der Waals surface area contributed by atoms with Gasteiger partial charge >= 0.3 is 0 Å². The molecular weight excluding hydrogens is 226 g/mol. The first-order valence-electron chi connectivity index (χ1n) is 6.11. The van der Waals surface area contributed by atoms with Crippen molar-refractivity contribution in [1.82, 2.24) is 14.9 Å². The lowest BCUT2D eigenvalue weighted by atomic mass is 10.3. The maximum Gasteiger partial charge on any atom is 0.0587 e. The zero-order chi connectivity index (χ0) is 12.6. The number of rotatable bonds is 7. The van der Waals surface area contributed by atoms with Gasteiger partial charge in [0.05, 0.1) is 6.61 Å². The van der Waals surface area contributed by atoms with Gasteiger partial charge in [-0.15, -0.1) is 0 Å². The quantitative estimate of drug-likeness (QED) is 0.754. The molecule has 0 aromatic carbocycles. The molecular formula is C14H19N3O. The summed E-state index contributed by atoms with van der Waals surface area (Å²) in [7, 11) is 1.71. The molecule has 96 valence electrons. The second kappa shape index (κ2) is 6.93. The van der Waals surface area contributed by atoms with E-state index in [-0.39, 0.29) is 0 Å². The van der Waals surface area contributed by atoms with Crippen LogP contribution in [0.25, 0.3) is 0 Å². The maximum absolute atomic E-state index is 4.99. The van der Waals surface area contributed by atoms with Gasteiger partial charge in [0.2, 0.25) is 0 Å². The Hall–Kier alpha value is -1.65. The second-order valence-corrected chi connectivity index (χ2v) is 4.22. The van der Waals surface area contributed by atoms with E-state index in [0.29, 0.717) is 0 Å². The summed E-state index contributed by atoms with van der Waals surface area (Å²) >= 11 is 0. The average Bonchev–Trinajstić information content (AvgIpc) is 2.84. The largest absolute Gasteiger partial charge is 0.383 e. The van der Waals surface area contributed by atoms with Crippen LogP contribution in [0.4, 0.5) is 0 Å². The van der Waals surface area contributed by atoms with Crippen molar-refractivity contribution in [3.8, 4) is 0 Å². The number of methoxy groups -OCH3 is 1. The fourth-order valence-electron chi connectivity index (χ4n) is 1.80. The Balaban J connectivity index is 1.83. The standard InChI is InChI=1S/C14H19N3O/c1-18-8-6-16-10-14-4-7-17(12-14)11-13-3-2-5-15-9-13/h2-5,7,9,12,16H,6,8,10-11H2,1H3. The molecule has 0 fully saturated rings. The predicted octanol–water partition coefficient (Wildman–Crippen LogP) is 1.67. The molecule has 0 radical (unpaired) electrons. The number of nitrogens with one attached hydrogen (secondary N) is 1. The van der Waals surface area contributed by atoms with Gasteiger partial charge in [0.25, 0.3) is 0 Å². The number of hydrogen-bond donors (Lipinski definition) is 1. The van der Waals surface area contributed by atoms with Crippen LogP contribution in [0.5, 0.6) is 0 Å². The normalized spacial score (nSPS) is 10.7. The number of nitrogens with zero attached hydrogens (tertiary/aromatic N) is 2. The van der Waals surface area contributed by atoms with E-state index in [0.717, 1.165) is 26.2 Å². The highest BCUT2D eigenvalue weighted by molar-refractivity contribution is 5.14. The third-order valence-electron chi connectivity index (χ3n) is 2.71. The zero-order valence-corrected chi connectivity index (χ0v) is 10.7. The van der Waals surface area contributed by atoms with Crippen LogP contribution < -0.4 is 5.32 Å². The Bertz CT molecular complexity index is 453. The highest BCUT2D eigenvalue weighted by atomic mass is 16.5. The van der Waals surface area contributed by atoms with Crippen LogP contribution in [-0.2, 0) is 17.8 Å². The smallest absolute Gasteiger partial charge is 0.0587 e. The van der Waals surface area contributed by atoms with E-state index in [1.807, 2.05) is 12.3 Å². The Morgan fingerprint density at radius 3 is 3.06 bits per heavy atom. The molecule has 0 aliphatic rings. The average molecular weight is 245 g/mol. The first-order chi connectivity index (χ1) is 8.88. The van der Waals surface area contributed by atoms with E-state index in [1.54, 1.807) is 13.3 Å². The number of pyridine rings is 1. The summed E-state index contributed by atoms with van der Waals surface area (Å²) in [6, 6.07) is 6.19. The Morgan fingerprint density at radius 1 is 1.33 bits per heavy atom. The molecule has 1 N–H and O–H groups in total. The van der Waals surface area contributed by atoms with Gasteiger partial charge in [0, 0.05) is 51.5 Å². The minimum Gasteiger partial charge on any atom is -0.383 e. The van der Waals surface area contributed by atoms with Crippen LogP contribution in [0.1, 0.15) is 11.1 Å². The lowest BCUT2D eigenvalue weighted by molar-refractivity contribution is 0.199. The first-order valence-corrected chi connectivity index (χ1v) is 6.11. The molecule has 0 amide bonds. The van der Waals surface area contributed by atoms with Gasteiger partial charge in [-0.05, 0) is 23.3 Å². The van der Waals surface area contributed by atoms with Gasteiger partial charge in [-0.3, -0.25) is 4.98 Å². The van der Waals surface area contributed by atoms with E-state index in [2.05, 4.69) is 39.4 Å². The molecule has 0 unspecified atom stereocenters. The van der Waals surface area contributed by atoms with Gasteiger partial charge in [-0.25, -0.2) is 0 Å². The molecule has 0 aliphatic heterocycles. The van der Waals surface area contributed by atoms with Crippen molar-refractivity contribution in [2.45, 2.75) is 13.1 Å². The van der Waals surface area contributed by atoms with Gasteiger partial charge in [-0.1, -0.05) is 6.07 Å². The van der Waals surface area contributed by atoms with E-state index < -0.39 is 0 Å². The van der Waals surface area contributed by atoms with E-state index in [4.69, 9.17) is 4.74 Å². The lowest BCUT2D eigenvalue weighted by Crippen LogP contribution is -2.18. The van der Waals surface area contributed by atoms with Gasteiger partial charge in [-0.2, -0.15) is 0 Å². The van der Waals surface area contributed by atoms with Gasteiger partial charge < -0.3 is 14.6 Å². The fourth-order valence-corrected chi connectivity index (χ4v) is 1.80. The molecule has 4 nitrogen and oxygen atoms in total. The third kappa shape index (κ3) is 3.98. The van der Waals surface area contributed by atoms with Crippen LogP contribution in [-0.4, -0.2) is 29.8 Å². The molecule has 0 atom stereocenters. The SMILES string of the molecule is COCCNCc1ccn(Cc2cccnc2)c1. The summed E-state index contributed by atoms with van der Waals surface area (Å²) in [4.78, 5) is 4.12. The minimum atomic E-state index is 0.746. The van der Waals surface area contributed by atoms with Crippen LogP contribution in [0.2, 0.25) is 0 Å². The molecule has 0 aliphatic carbocycles. The topological polar surface area (TPSA) is 39.1 Å². The lowest BCUT2D eigenvalue weighted by Gasteiger charge is -2.03. The third-order valence-corrected chi connectivity index (χ3v) is 2.71. The molecule has 2 heterocycles. The van der Waals surface area contributed by atoms with Crippen molar-refractivity contribution in [2.24, 2.45) is 0 Å². The highest BCUT2D eigenvalue weighted by Crippen LogP contribution is 2.05. The predicted molar refractivity (Wildman–Crippen MR) is 71.4 cm³/mol. The summed E-state index contributed by atoms with van der Waals surface area (Å²) < 4.78 is 7.16. The number of hydrogen-bond acceptors (Lipinski definition) is 3. The molecule has 2 aromatic heterocycles. The van der Waals surface area contributed by atoms with Crippen molar-refractivity contribution in [1.29, 1.82) is 0 Å². The van der Waals surface area contributed by atoms with Crippen molar-refractivity contribution >= 4 is 0 Å². The van der Waals surface area contributed by atoms with E-state index in [9.17, 15) is 0 Å². The van der Waals surface area contributed by atoms with Crippen molar-refractivity contribution in [3.63, 3.8) is 0 Å². The van der Waals surface area contributed by atoms with Crippen LogP contribution in [0.15, 0.2) is 43.0 Å². The molecule has 4 heteroatoms. The van der Waals surface area contributed by atoms with Crippen LogP contribution >= 0.6 is 0 Å². The van der Waals surface area contributed by atoms with Crippen LogP contribution in [0, 0.1) is 0 Å². The highest BCUT2D eigenvalue weighted by Gasteiger charge is 1.98. The summed E-state index contributed by atoms with van der Waals surface area (Å²) in [6.07, 6.45) is 7.95. The molecule has 0 spiro atoms. The van der Waals surface area contributed by atoms with Gasteiger partial charge in [0.15, 0.2) is 0 Å². The van der Waals surface area contributed by atoms with Crippen molar-refractivity contribution < 1.29 is 4.74 Å². The fraction of sp³-hybridized carbons (Fsp3) is 0.357. The summed E-state index contributed by atoms with van der Waals surface area (Å²) in [5.41, 5.74) is 2.50. The minimum absolute atomic E-state index is 0.746. The monoisotopic (exact) mass is 245 g/mol. The van der Waals surface area contributed by atoms with Crippen molar-refractivity contribution in [2.75, 3.05) is 20.3 Å². The van der Waals surface area contributed by atoms with Crippen molar-refractivity contribution in [3.05, 3.63) is 54.1 Å². The van der Waals surface area contributed by atoms with E-state index >= 15 is 0 Å². The van der Waals surface area contributed by atoms with E-state index in [1.165, 1.54) is 11.1 Å². The number of ether oxygens (including phenoxy) is 1. The van der Waals surface area contributed by atoms with Crippen LogP contribution in [0.3, 0.4) is 0 Å². The second-order valence-electron chi connectivity index (χ2n) is 4.22. The van der Waals surface area contributed by atoms with Gasteiger partial charge in [0.1, 0.15) is 0 Å². The number of aromatic nitrogens is 2. The first kappa shape index (κ1) is 12.8. The maximum atomic E-state index is 4.99. The molecule has 2 rings (SSSR count). The summed E-state index contributed by atoms with van der Waals surface area (Å²) in [5.74, 6) is 0. The Morgan fingerprint density at radius 2 is 2.28 bits per heavy atom. The molecule has 18 heavy (non-hydrogen) atoms. The molecule has 0 saturated carbocycles. The zero-order valence-electron chi connectivity index (χ0n) is 10.7. The molecule has 0 saturated heterocycles. The Kier molecular flexibility index (Phi) is 4.93. The Labute approximate surface area is 108 Å². The summed E-state index contributed by atoms with van der Waals surface area (Å²) in [5, 5.41) is 3.33. The molecule has 0 bridgehead atoms. The molecule has 2 aromatic rings. The summed E-state index contributed by atoms with van der Waals surface area (Å²) in [6.45, 7) is 3.37.